The van der Waals surface area contributed by atoms with Crippen LogP contribution >= 0.6 is 0 Å². The van der Waals surface area contributed by atoms with Crippen molar-refractivity contribution >= 4 is 0 Å². The van der Waals surface area contributed by atoms with Crippen molar-refractivity contribution in [3.8, 4) is 0 Å². The highest BCUT2D eigenvalue weighted by Gasteiger charge is 2.05. The Hall–Kier alpha value is -2.20. The van der Waals surface area contributed by atoms with Gasteiger partial charge in [-0.2, -0.15) is 0 Å². The van der Waals surface area contributed by atoms with Gasteiger partial charge in [-0.15, -0.1) is 0 Å². The van der Waals surface area contributed by atoms with Crippen LogP contribution in [0.2, 0.25) is 0 Å². The SMILES string of the molecule is C=C(/C=C(OCc1ccccc1)\C(O)=C/C)NO.CC.CC. The Morgan fingerprint density at radius 1 is 1.18 bits per heavy atom. The molecule has 3 N–H and O–H groups in total. The molecule has 0 atom stereocenters. The van der Waals surface area contributed by atoms with Crippen LogP contribution in [0.4, 0.5) is 0 Å². The maximum Gasteiger partial charge on any atom is 0.163 e. The van der Waals surface area contributed by atoms with E-state index >= 15 is 0 Å². The first kappa shape index (κ1) is 22.1. The van der Waals surface area contributed by atoms with Crippen LogP contribution in [0.25, 0.3) is 0 Å². The summed E-state index contributed by atoms with van der Waals surface area (Å²) < 4.78 is 5.48. The van der Waals surface area contributed by atoms with E-state index in [2.05, 4.69) is 6.58 Å². The zero-order chi connectivity index (χ0) is 17.4. The fourth-order valence-corrected chi connectivity index (χ4v) is 1.26. The van der Waals surface area contributed by atoms with E-state index < -0.39 is 0 Å². The lowest BCUT2D eigenvalue weighted by Crippen LogP contribution is -2.05. The van der Waals surface area contributed by atoms with Gasteiger partial charge >= 0.3 is 0 Å². The van der Waals surface area contributed by atoms with Crippen molar-refractivity contribution in [3.63, 3.8) is 0 Å². The molecular weight excluding hydrogens is 278 g/mol. The molecule has 0 radical (unpaired) electrons. The summed E-state index contributed by atoms with van der Waals surface area (Å²) in [5, 5.41) is 18.3. The molecule has 0 aliphatic heterocycles. The Morgan fingerprint density at radius 2 is 1.73 bits per heavy atom. The summed E-state index contributed by atoms with van der Waals surface area (Å²) in [5.74, 6) is 0.232. The van der Waals surface area contributed by atoms with Crippen molar-refractivity contribution < 1.29 is 15.1 Å². The highest BCUT2D eigenvalue weighted by molar-refractivity contribution is 5.27. The third kappa shape index (κ3) is 9.66. The van der Waals surface area contributed by atoms with Crippen molar-refractivity contribution in [3.05, 3.63) is 71.8 Å². The third-order valence-electron chi connectivity index (χ3n) is 2.21. The second-order valence-corrected chi connectivity index (χ2v) is 3.59. The van der Waals surface area contributed by atoms with Gasteiger partial charge in [-0.05, 0) is 18.6 Å². The maximum absolute atomic E-state index is 9.66. The summed E-state index contributed by atoms with van der Waals surface area (Å²) >= 11 is 0. The molecule has 0 aliphatic rings. The number of hydrogen-bond donors (Lipinski definition) is 3. The summed E-state index contributed by atoms with van der Waals surface area (Å²) in [6.45, 7) is 13.5. The first-order valence-electron chi connectivity index (χ1n) is 7.50. The van der Waals surface area contributed by atoms with Gasteiger partial charge in [0.15, 0.2) is 11.5 Å². The molecule has 0 aromatic heterocycles. The summed E-state index contributed by atoms with van der Waals surface area (Å²) in [5.41, 5.74) is 3.09. The van der Waals surface area contributed by atoms with Crippen LogP contribution in [-0.2, 0) is 11.3 Å². The number of allylic oxidation sites excluding steroid dienone is 2. The minimum Gasteiger partial charge on any atom is -0.504 e. The molecule has 0 spiro atoms. The van der Waals surface area contributed by atoms with Gasteiger partial charge in [0.1, 0.15) is 6.61 Å². The molecule has 1 rings (SSSR count). The van der Waals surface area contributed by atoms with Gasteiger partial charge in [-0.25, -0.2) is 0 Å². The lowest BCUT2D eigenvalue weighted by molar-refractivity contribution is 0.177. The summed E-state index contributed by atoms with van der Waals surface area (Å²) in [7, 11) is 0. The van der Waals surface area contributed by atoms with Gasteiger partial charge in [0.2, 0.25) is 0 Å². The van der Waals surface area contributed by atoms with Crippen LogP contribution in [0, 0.1) is 0 Å². The standard InChI is InChI=1S/C14H17NO3.2C2H6/c1-3-13(16)14(9-11(2)15-17)18-10-12-7-5-4-6-8-12;2*1-2/h3-9,15-17H,2,10H2,1H3;2*1-2H3/b13-3+,14-9+;;. The summed E-state index contributed by atoms with van der Waals surface area (Å²) in [6.07, 6.45) is 2.92. The number of rotatable bonds is 6. The fourth-order valence-electron chi connectivity index (χ4n) is 1.26. The van der Waals surface area contributed by atoms with Crippen molar-refractivity contribution in [2.75, 3.05) is 0 Å². The summed E-state index contributed by atoms with van der Waals surface area (Å²) in [4.78, 5) is 0. The van der Waals surface area contributed by atoms with Crippen molar-refractivity contribution in [1.29, 1.82) is 0 Å². The van der Waals surface area contributed by atoms with E-state index in [0.29, 0.717) is 6.61 Å². The minimum absolute atomic E-state index is 0.0117. The maximum atomic E-state index is 9.66. The Morgan fingerprint density at radius 3 is 2.18 bits per heavy atom. The molecule has 1 aromatic rings. The quantitative estimate of drug-likeness (QED) is 0.389. The van der Waals surface area contributed by atoms with Gasteiger partial charge in [0.05, 0.1) is 5.70 Å². The van der Waals surface area contributed by atoms with Gasteiger partial charge in [0.25, 0.3) is 0 Å². The lowest BCUT2D eigenvalue weighted by Gasteiger charge is -2.10. The molecule has 0 unspecified atom stereocenters. The molecule has 0 amide bonds. The van der Waals surface area contributed by atoms with Gasteiger partial charge in [-0.3, -0.25) is 10.7 Å². The van der Waals surface area contributed by atoms with E-state index in [1.54, 1.807) is 6.92 Å². The Kier molecular flexibility index (Phi) is 15.3. The zero-order valence-electron chi connectivity index (χ0n) is 14.3. The normalized spacial score (nSPS) is 10.5. The van der Waals surface area contributed by atoms with Crippen LogP contribution in [0.1, 0.15) is 40.2 Å². The van der Waals surface area contributed by atoms with E-state index in [9.17, 15) is 5.11 Å². The van der Waals surface area contributed by atoms with Gasteiger partial charge < -0.3 is 9.84 Å². The molecule has 0 fully saturated rings. The minimum atomic E-state index is -0.0117. The first-order chi connectivity index (χ1) is 10.7. The van der Waals surface area contributed by atoms with Crippen LogP contribution in [0.15, 0.2) is 66.3 Å². The second-order valence-electron chi connectivity index (χ2n) is 3.59. The smallest absolute Gasteiger partial charge is 0.163 e. The molecular formula is C18H29NO3. The monoisotopic (exact) mass is 307 g/mol. The van der Waals surface area contributed by atoms with E-state index in [4.69, 9.17) is 9.94 Å². The van der Waals surface area contributed by atoms with E-state index in [1.165, 1.54) is 12.2 Å². The Balaban J connectivity index is 0. The van der Waals surface area contributed by atoms with Gasteiger partial charge in [-0.1, -0.05) is 64.6 Å². The number of benzene rings is 1. The van der Waals surface area contributed by atoms with Crippen molar-refractivity contribution in [2.45, 2.75) is 41.2 Å². The molecule has 0 saturated heterocycles. The number of hydroxylamine groups is 1. The van der Waals surface area contributed by atoms with E-state index in [1.807, 2.05) is 63.5 Å². The van der Waals surface area contributed by atoms with Crippen LogP contribution in [-0.4, -0.2) is 10.3 Å². The number of ether oxygens (including phenoxy) is 1. The molecule has 22 heavy (non-hydrogen) atoms. The average Bonchev–Trinajstić information content (AvgIpc) is 2.61. The molecule has 0 aliphatic carbocycles. The zero-order valence-corrected chi connectivity index (χ0v) is 14.3. The predicted octanol–water partition coefficient (Wildman–Crippen LogP) is 5.09. The van der Waals surface area contributed by atoms with Crippen molar-refractivity contribution in [1.82, 2.24) is 5.48 Å². The molecule has 4 nitrogen and oxygen atoms in total. The predicted molar refractivity (Wildman–Crippen MR) is 92.5 cm³/mol. The molecule has 4 heteroatoms. The van der Waals surface area contributed by atoms with E-state index in [0.717, 1.165) is 5.56 Å². The fraction of sp³-hybridized carbons (Fsp3) is 0.333. The third-order valence-corrected chi connectivity index (χ3v) is 2.21. The highest BCUT2D eigenvalue weighted by atomic mass is 16.5. The van der Waals surface area contributed by atoms with Crippen molar-refractivity contribution in [2.24, 2.45) is 0 Å². The Labute approximate surface area is 134 Å². The molecule has 0 bridgehead atoms. The van der Waals surface area contributed by atoms with E-state index in [-0.39, 0.29) is 17.2 Å². The number of hydrogen-bond acceptors (Lipinski definition) is 4. The highest BCUT2D eigenvalue weighted by Crippen LogP contribution is 2.13. The molecule has 0 saturated carbocycles. The van der Waals surface area contributed by atoms with Crippen LogP contribution in [0.5, 0.6) is 0 Å². The topological polar surface area (TPSA) is 61.7 Å². The van der Waals surface area contributed by atoms with Gasteiger partial charge in [0, 0.05) is 6.08 Å². The first-order valence-corrected chi connectivity index (χ1v) is 7.50. The second kappa shape index (κ2) is 15.2. The number of aliphatic hydroxyl groups excluding tert-OH is 1. The summed E-state index contributed by atoms with van der Waals surface area (Å²) in [6, 6.07) is 9.58. The van der Waals surface area contributed by atoms with Crippen LogP contribution < -0.4 is 5.48 Å². The molecule has 0 heterocycles. The largest absolute Gasteiger partial charge is 0.504 e. The Bertz CT molecular complexity index is 451. The average molecular weight is 307 g/mol. The molecule has 124 valence electrons. The molecule has 1 aromatic carbocycles. The lowest BCUT2D eigenvalue weighted by atomic mass is 10.2. The number of nitrogens with one attached hydrogen (secondary N) is 1. The van der Waals surface area contributed by atoms with Crippen LogP contribution in [0.3, 0.4) is 0 Å². The number of aliphatic hydroxyl groups is 1.